The number of alkyl carbamates (subject to hydrolysis) is 1. The molecule has 9 heteroatoms. The van der Waals surface area contributed by atoms with Gasteiger partial charge in [0.2, 0.25) is 11.8 Å². The molecule has 0 unspecified atom stereocenters. The van der Waals surface area contributed by atoms with E-state index in [0.29, 0.717) is 19.3 Å². The summed E-state index contributed by atoms with van der Waals surface area (Å²) < 4.78 is 10.3. The third-order valence-corrected chi connectivity index (χ3v) is 6.00. The van der Waals surface area contributed by atoms with Gasteiger partial charge in [0, 0.05) is 6.42 Å². The fourth-order valence-electron chi connectivity index (χ4n) is 4.11. The van der Waals surface area contributed by atoms with E-state index in [2.05, 4.69) is 16.0 Å². The maximum absolute atomic E-state index is 13.5. The van der Waals surface area contributed by atoms with Crippen molar-refractivity contribution < 1.29 is 28.7 Å². The molecule has 0 fully saturated rings. The van der Waals surface area contributed by atoms with Crippen LogP contribution in [0.2, 0.25) is 0 Å². The van der Waals surface area contributed by atoms with Gasteiger partial charge in [0.1, 0.15) is 23.7 Å². The van der Waals surface area contributed by atoms with Gasteiger partial charge in [-0.3, -0.25) is 9.59 Å². The zero-order chi connectivity index (χ0) is 29.7. The number of nitrogens with one attached hydrogen (secondary N) is 3. The zero-order valence-corrected chi connectivity index (χ0v) is 24.4. The fraction of sp³-hybridized carbons (Fsp3) is 0.484. The van der Waals surface area contributed by atoms with Gasteiger partial charge in [-0.05, 0) is 57.1 Å². The molecular formula is C31H43N3O6. The van der Waals surface area contributed by atoms with Gasteiger partial charge in [0.15, 0.2) is 0 Å². The molecule has 0 radical (unpaired) electrons. The Morgan fingerprint density at radius 2 is 1.27 bits per heavy atom. The molecule has 3 N–H and O–H groups in total. The van der Waals surface area contributed by atoms with Gasteiger partial charge < -0.3 is 25.4 Å². The summed E-state index contributed by atoms with van der Waals surface area (Å²) in [6.45, 7) is 9.07. The van der Waals surface area contributed by atoms with Crippen molar-refractivity contribution >= 4 is 23.9 Å². The Hall–Kier alpha value is -3.88. The highest BCUT2D eigenvalue weighted by Crippen LogP contribution is 2.12. The van der Waals surface area contributed by atoms with Crippen molar-refractivity contribution in [2.24, 2.45) is 5.92 Å². The number of carbonyl (C=O) groups is 4. The zero-order valence-electron chi connectivity index (χ0n) is 24.4. The summed E-state index contributed by atoms with van der Waals surface area (Å²) in [5.41, 5.74) is 1.11. The Morgan fingerprint density at radius 1 is 0.750 bits per heavy atom. The normalized spacial score (nSPS) is 13.5. The first-order valence-electron chi connectivity index (χ1n) is 13.6. The number of esters is 1. The minimum absolute atomic E-state index is 0.0586. The Morgan fingerprint density at radius 3 is 1.80 bits per heavy atom. The molecule has 40 heavy (non-hydrogen) atoms. The maximum atomic E-state index is 13.5. The lowest BCUT2D eigenvalue weighted by molar-refractivity contribution is -0.145. The number of hydrogen-bond acceptors (Lipinski definition) is 6. The summed E-state index contributed by atoms with van der Waals surface area (Å²) in [6, 6.07) is 16.1. The molecule has 0 saturated heterocycles. The number of aryl methyl sites for hydroxylation is 1. The van der Waals surface area contributed by atoms with Crippen LogP contribution in [-0.2, 0) is 36.7 Å². The van der Waals surface area contributed by atoms with Gasteiger partial charge in [0.25, 0.3) is 0 Å². The topological polar surface area (TPSA) is 123 Å². The Kier molecular flexibility index (Phi) is 12.6. The van der Waals surface area contributed by atoms with E-state index in [0.717, 1.165) is 11.1 Å². The fourth-order valence-corrected chi connectivity index (χ4v) is 4.11. The van der Waals surface area contributed by atoms with Crippen LogP contribution in [0.25, 0.3) is 0 Å². The van der Waals surface area contributed by atoms with Crippen molar-refractivity contribution in [2.75, 3.05) is 7.11 Å². The molecule has 0 saturated carbocycles. The number of hydrogen-bond donors (Lipinski definition) is 3. The standard InChI is InChI=1S/C31H43N3O6/c1-21(2)19-25(28(36)33-26(29(37)39-6)20-23-15-11-8-12-16-23)32-27(35)24(34-30(38)40-31(3,4)5)18-17-22-13-9-7-10-14-22/h7-16,21,24-26H,17-20H2,1-6H3,(H,32,35)(H,33,36)(H,34,38)/t24-,25+,26+/m0/s1. The Balaban J connectivity index is 2.20. The van der Waals surface area contributed by atoms with Crippen LogP contribution in [0.15, 0.2) is 60.7 Å². The van der Waals surface area contributed by atoms with E-state index in [-0.39, 0.29) is 12.3 Å². The van der Waals surface area contributed by atoms with E-state index in [4.69, 9.17) is 9.47 Å². The molecule has 2 aromatic carbocycles. The molecule has 0 spiro atoms. The summed E-state index contributed by atoms with van der Waals surface area (Å²) in [5, 5.41) is 8.22. The SMILES string of the molecule is COC(=O)[C@@H](Cc1ccccc1)NC(=O)[C@@H](CC(C)C)NC(=O)[C@H](CCc1ccccc1)NC(=O)OC(C)(C)C. The van der Waals surface area contributed by atoms with Crippen LogP contribution in [0, 0.1) is 5.92 Å². The third-order valence-electron chi connectivity index (χ3n) is 6.00. The predicted octanol–water partition coefficient (Wildman–Crippen LogP) is 3.94. The van der Waals surface area contributed by atoms with Crippen LogP contribution in [0.3, 0.4) is 0 Å². The number of benzene rings is 2. The average molecular weight is 554 g/mol. The first-order chi connectivity index (χ1) is 18.9. The molecule has 0 aliphatic heterocycles. The molecule has 9 nitrogen and oxygen atoms in total. The number of methoxy groups -OCH3 is 1. The largest absolute Gasteiger partial charge is 0.467 e. The maximum Gasteiger partial charge on any atom is 0.408 e. The second-order valence-corrected chi connectivity index (χ2v) is 11.2. The molecule has 0 bridgehead atoms. The van der Waals surface area contributed by atoms with E-state index in [1.54, 1.807) is 20.8 Å². The lowest BCUT2D eigenvalue weighted by Crippen LogP contribution is -2.56. The molecule has 3 atom stereocenters. The molecule has 0 aliphatic rings. The minimum atomic E-state index is -0.946. The van der Waals surface area contributed by atoms with Gasteiger partial charge in [0.05, 0.1) is 7.11 Å². The summed E-state index contributed by atoms with van der Waals surface area (Å²) in [7, 11) is 1.26. The van der Waals surface area contributed by atoms with Crippen LogP contribution >= 0.6 is 0 Å². The number of amides is 3. The van der Waals surface area contributed by atoms with E-state index >= 15 is 0 Å². The first kappa shape index (κ1) is 32.3. The molecule has 0 aliphatic carbocycles. The van der Waals surface area contributed by atoms with E-state index in [9.17, 15) is 19.2 Å². The highest BCUT2D eigenvalue weighted by molar-refractivity contribution is 5.93. The quantitative estimate of drug-likeness (QED) is 0.323. The van der Waals surface area contributed by atoms with Gasteiger partial charge in [-0.25, -0.2) is 9.59 Å². The molecular weight excluding hydrogens is 510 g/mol. The average Bonchev–Trinajstić information content (AvgIpc) is 2.89. The third kappa shape index (κ3) is 11.9. The van der Waals surface area contributed by atoms with E-state index < -0.39 is 47.6 Å². The second-order valence-electron chi connectivity index (χ2n) is 11.2. The predicted molar refractivity (Wildman–Crippen MR) is 153 cm³/mol. The molecule has 2 rings (SSSR count). The lowest BCUT2D eigenvalue weighted by Gasteiger charge is -2.27. The highest BCUT2D eigenvalue weighted by Gasteiger charge is 2.31. The van der Waals surface area contributed by atoms with Gasteiger partial charge in [-0.15, -0.1) is 0 Å². The van der Waals surface area contributed by atoms with E-state index in [1.807, 2.05) is 74.5 Å². The monoisotopic (exact) mass is 553 g/mol. The smallest absolute Gasteiger partial charge is 0.408 e. The molecule has 0 aromatic heterocycles. The van der Waals surface area contributed by atoms with Crippen LogP contribution in [0.1, 0.15) is 58.6 Å². The number of carbonyl (C=O) groups excluding carboxylic acids is 4. The van der Waals surface area contributed by atoms with Crippen LogP contribution in [-0.4, -0.2) is 54.7 Å². The number of rotatable bonds is 13. The van der Waals surface area contributed by atoms with Crippen LogP contribution < -0.4 is 16.0 Å². The van der Waals surface area contributed by atoms with Crippen molar-refractivity contribution in [2.45, 2.75) is 84.0 Å². The highest BCUT2D eigenvalue weighted by atomic mass is 16.6. The van der Waals surface area contributed by atoms with Crippen molar-refractivity contribution in [3.63, 3.8) is 0 Å². The van der Waals surface area contributed by atoms with Gasteiger partial charge in [-0.2, -0.15) is 0 Å². The first-order valence-corrected chi connectivity index (χ1v) is 13.6. The second kappa shape index (κ2) is 15.6. The van der Waals surface area contributed by atoms with Crippen LogP contribution in [0.4, 0.5) is 4.79 Å². The summed E-state index contributed by atoms with van der Waals surface area (Å²) in [6.07, 6.45) is 0.663. The minimum Gasteiger partial charge on any atom is -0.467 e. The summed E-state index contributed by atoms with van der Waals surface area (Å²) in [5.74, 6) is -1.55. The summed E-state index contributed by atoms with van der Waals surface area (Å²) in [4.78, 5) is 51.9. The van der Waals surface area contributed by atoms with Gasteiger partial charge >= 0.3 is 12.1 Å². The van der Waals surface area contributed by atoms with E-state index in [1.165, 1.54) is 7.11 Å². The molecule has 0 heterocycles. The Labute approximate surface area is 237 Å². The van der Waals surface area contributed by atoms with Gasteiger partial charge in [-0.1, -0.05) is 74.5 Å². The van der Waals surface area contributed by atoms with Crippen molar-refractivity contribution in [3.8, 4) is 0 Å². The van der Waals surface area contributed by atoms with Crippen molar-refractivity contribution in [1.29, 1.82) is 0 Å². The molecule has 2 aromatic rings. The van der Waals surface area contributed by atoms with Crippen LogP contribution in [0.5, 0.6) is 0 Å². The lowest BCUT2D eigenvalue weighted by atomic mass is 10.00. The van der Waals surface area contributed by atoms with Crippen molar-refractivity contribution in [3.05, 3.63) is 71.8 Å². The number of ether oxygens (including phenoxy) is 2. The molecule has 218 valence electrons. The molecule has 3 amide bonds. The summed E-state index contributed by atoms with van der Waals surface area (Å²) >= 11 is 0. The Bertz CT molecular complexity index is 1100. The van der Waals surface area contributed by atoms with Crippen molar-refractivity contribution in [1.82, 2.24) is 16.0 Å².